The van der Waals surface area contributed by atoms with Crippen LogP contribution >= 0.6 is 11.6 Å². The quantitative estimate of drug-likeness (QED) is 0.614. The van der Waals surface area contributed by atoms with Crippen molar-refractivity contribution in [2.45, 2.75) is 0 Å². The fraction of sp³-hybridized carbons (Fsp3) is 0.0500. The maximum absolute atomic E-state index is 12.2. The standard InChI is InChI=1S/C20H14ClN3O4/c1-27-20(26)16-17(25)15(8-11-10-23-18-14(11)6-3-7-22-18)28-19(16)24-13-5-2-4-12(21)9-13/h2-10,24-25H,1H3. The summed E-state index contributed by atoms with van der Waals surface area (Å²) >= 11 is 6.00. The number of nitrogens with one attached hydrogen (secondary N) is 1. The lowest BCUT2D eigenvalue weighted by Crippen LogP contribution is -2.03. The fourth-order valence-electron chi connectivity index (χ4n) is 2.80. The molecule has 0 atom stereocenters. The predicted octanol–water partition coefficient (Wildman–Crippen LogP) is 4.82. The van der Waals surface area contributed by atoms with Gasteiger partial charge >= 0.3 is 5.97 Å². The molecule has 0 aliphatic carbocycles. The van der Waals surface area contributed by atoms with Crippen molar-refractivity contribution < 1.29 is 19.1 Å². The Morgan fingerprint density at radius 1 is 1.32 bits per heavy atom. The zero-order valence-corrected chi connectivity index (χ0v) is 15.4. The molecule has 7 nitrogen and oxygen atoms in total. The van der Waals surface area contributed by atoms with E-state index in [-0.39, 0.29) is 23.0 Å². The van der Waals surface area contributed by atoms with Crippen molar-refractivity contribution in [1.29, 1.82) is 0 Å². The summed E-state index contributed by atoms with van der Waals surface area (Å²) in [6, 6.07) is 10.5. The van der Waals surface area contributed by atoms with Gasteiger partial charge < -0.3 is 19.6 Å². The number of esters is 1. The second-order valence-electron chi connectivity index (χ2n) is 5.88. The summed E-state index contributed by atoms with van der Waals surface area (Å²) in [6.45, 7) is 0. The smallest absolute Gasteiger partial charge is 0.347 e. The Kier molecular flexibility index (Phi) is 4.58. The van der Waals surface area contributed by atoms with Crippen LogP contribution in [0, 0.1) is 0 Å². The van der Waals surface area contributed by atoms with Gasteiger partial charge in [0.15, 0.2) is 22.9 Å². The number of aromatic nitrogens is 1. The Hall–Kier alpha value is -3.58. The van der Waals surface area contributed by atoms with E-state index < -0.39 is 5.97 Å². The molecular weight excluding hydrogens is 382 g/mol. The number of carbonyl (C=O) groups is 1. The van der Waals surface area contributed by atoms with Gasteiger partial charge in [0.1, 0.15) is 0 Å². The molecule has 0 fully saturated rings. The number of methoxy groups -OCH3 is 1. The number of allylic oxidation sites excluding steroid dienone is 1. The predicted molar refractivity (Wildman–Crippen MR) is 107 cm³/mol. The van der Waals surface area contributed by atoms with Gasteiger partial charge in [-0.1, -0.05) is 17.7 Å². The number of carbonyl (C=O) groups excluding carboxylic acids is 1. The van der Waals surface area contributed by atoms with Crippen molar-refractivity contribution in [3.63, 3.8) is 0 Å². The maximum Gasteiger partial charge on any atom is 0.347 e. The third-order valence-corrected chi connectivity index (χ3v) is 4.33. The highest BCUT2D eigenvalue weighted by Crippen LogP contribution is 2.39. The molecule has 28 heavy (non-hydrogen) atoms. The summed E-state index contributed by atoms with van der Waals surface area (Å²) in [5, 5.41) is 14.0. The molecule has 0 radical (unpaired) electrons. The summed E-state index contributed by atoms with van der Waals surface area (Å²) in [6.07, 6.45) is 4.84. The lowest BCUT2D eigenvalue weighted by Gasteiger charge is -2.05. The summed E-state index contributed by atoms with van der Waals surface area (Å²) in [5.41, 5.74) is 1.96. The maximum atomic E-state index is 12.2. The number of anilines is 2. The first-order valence-electron chi connectivity index (χ1n) is 8.24. The van der Waals surface area contributed by atoms with Gasteiger partial charge in [-0.2, -0.15) is 0 Å². The SMILES string of the molecule is COC(=O)c1c(Nc2cccc(Cl)c2)oc(C=C2C=Nc3ncccc32)c1O. The van der Waals surface area contributed by atoms with Crippen LogP contribution in [0.1, 0.15) is 21.7 Å². The molecule has 4 rings (SSSR count). The van der Waals surface area contributed by atoms with Crippen molar-refractivity contribution in [3.05, 3.63) is 64.5 Å². The zero-order valence-electron chi connectivity index (χ0n) is 14.6. The summed E-state index contributed by atoms with van der Waals surface area (Å²) in [7, 11) is 1.22. The largest absolute Gasteiger partial charge is 0.504 e. The van der Waals surface area contributed by atoms with Crippen LogP contribution in [0.15, 0.2) is 52.0 Å². The average Bonchev–Trinajstić information content (AvgIpc) is 3.23. The summed E-state index contributed by atoms with van der Waals surface area (Å²) in [4.78, 5) is 20.6. The molecule has 1 aliphatic rings. The molecule has 0 saturated heterocycles. The van der Waals surface area contributed by atoms with E-state index in [1.807, 2.05) is 6.07 Å². The van der Waals surface area contributed by atoms with Crippen molar-refractivity contribution in [2.24, 2.45) is 4.99 Å². The molecule has 140 valence electrons. The van der Waals surface area contributed by atoms with E-state index in [1.165, 1.54) is 7.11 Å². The van der Waals surface area contributed by atoms with Gasteiger partial charge in [0.2, 0.25) is 5.88 Å². The van der Waals surface area contributed by atoms with Gasteiger partial charge in [-0.05, 0) is 36.4 Å². The van der Waals surface area contributed by atoms with Crippen molar-refractivity contribution in [3.8, 4) is 5.75 Å². The van der Waals surface area contributed by atoms with E-state index in [2.05, 4.69) is 15.3 Å². The number of aromatic hydroxyl groups is 1. The van der Waals surface area contributed by atoms with Crippen LogP contribution in [-0.4, -0.2) is 29.4 Å². The van der Waals surface area contributed by atoms with Crippen LogP contribution in [0.25, 0.3) is 11.6 Å². The van der Waals surface area contributed by atoms with Gasteiger partial charge in [-0.3, -0.25) is 0 Å². The van der Waals surface area contributed by atoms with Gasteiger partial charge in [0, 0.05) is 34.3 Å². The number of furan rings is 1. The molecule has 3 heterocycles. The number of aliphatic imine (C=N–C) groups is 1. The van der Waals surface area contributed by atoms with E-state index in [1.54, 1.807) is 48.8 Å². The minimum atomic E-state index is -0.738. The molecule has 2 N–H and O–H groups in total. The fourth-order valence-corrected chi connectivity index (χ4v) is 2.99. The Bertz CT molecular complexity index is 1130. The lowest BCUT2D eigenvalue weighted by molar-refractivity contribution is 0.0598. The normalized spacial score (nSPS) is 13.6. The number of hydrogen-bond acceptors (Lipinski definition) is 7. The highest BCUT2D eigenvalue weighted by Gasteiger charge is 2.27. The van der Waals surface area contributed by atoms with Crippen molar-refractivity contribution >= 4 is 52.8 Å². The molecule has 0 amide bonds. The van der Waals surface area contributed by atoms with E-state index in [4.69, 9.17) is 20.8 Å². The Labute approximate surface area is 165 Å². The number of fused-ring (bicyclic) bond motifs is 1. The molecule has 1 aromatic carbocycles. The minimum absolute atomic E-state index is 0.0415. The van der Waals surface area contributed by atoms with Crippen LogP contribution in [-0.2, 0) is 4.74 Å². The van der Waals surface area contributed by atoms with Crippen LogP contribution in [0.5, 0.6) is 5.75 Å². The van der Waals surface area contributed by atoms with Crippen LogP contribution in [0.2, 0.25) is 5.02 Å². The highest BCUT2D eigenvalue weighted by atomic mass is 35.5. The first-order valence-corrected chi connectivity index (χ1v) is 8.62. The van der Waals surface area contributed by atoms with Crippen LogP contribution in [0.4, 0.5) is 17.4 Å². The van der Waals surface area contributed by atoms with Gasteiger partial charge in [0.25, 0.3) is 0 Å². The van der Waals surface area contributed by atoms with Gasteiger partial charge in [0.05, 0.1) is 7.11 Å². The molecule has 0 spiro atoms. The molecule has 0 bridgehead atoms. The Morgan fingerprint density at radius 3 is 2.96 bits per heavy atom. The molecule has 2 aromatic heterocycles. The monoisotopic (exact) mass is 395 g/mol. The molecule has 0 saturated carbocycles. The third kappa shape index (κ3) is 3.23. The van der Waals surface area contributed by atoms with E-state index in [0.717, 1.165) is 5.56 Å². The zero-order chi connectivity index (χ0) is 19.7. The second-order valence-corrected chi connectivity index (χ2v) is 6.31. The number of rotatable bonds is 4. The second kappa shape index (κ2) is 7.21. The number of ether oxygens (including phenoxy) is 1. The number of nitrogens with zero attached hydrogens (tertiary/aromatic N) is 2. The highest BCUT2D eigenvalue weighted by molar-refractivity contribution is 6.30. The Morgan fingerprint density at radius 2 is 2.18 bits per heavy atom. The minimum Gasteiger partial charge on any atom is -0.504 e. The topological polar surface area (TPSA) is 97.0 Å². The van der Waals surface area contributed by atoms with Crippen LogP contribution in [0.3, 0.4) is 0 Å². The molecular formula is C20H14ClN3O4. The molecule has 0 unspecified atom stereocenters. The van der Waals surface area contributed by atoms with E-state index >= 15 is 0 Å². The number of halogens is 1. The summed E-state index contributed by atoms with van der Waals surface area (Å²) < 4.78 is 10.5. The average molecular weight is 396 g/mol. The molecule has 3 aromatic rings. The number of benzene rings is 1. The number of hydrogen-bond donors (Lipinski definition) is 2. The Balaban J connectivity index is 1.77. The van der Waals surface area contributed by atoms with Crippen LogP contribution < -0.4 is 5.32 Å². The van der Waals surface area contributed by atoms with Gasteiger partial charge in [-0.15, -0.1) is 0 Å². The number of pyridine rings is 1. The lowest BCUT2D eigenvalue weighted by atomic mass is 10.1. The first-order chi connectivity index (χ1) is 13.6. The van der Waals surface area contributed by atoms with Gasteiger partial charge in [-0.25, -0.2) is 14.8 Å². The van der Waals surface area contributed by atoms with Crippen molar-refractivity contribution in [2.75, 3.05) is 12.4 Å². The first kappa shape index (κ1) is 17.8. The third-order valence-electron chi connectivity index (χ3n) is 4.09. The summed E-state index contributed by atoms with van der Waals surface area (Å²) in [5.74, 6) is -0.375. The van der Waals surface area contributed by atoms with E-state index in [9.17, 15) is 9.90 Å². The van der Waals surface area contributed by atoms with Crippen molar-refractivity contribution in [1.82, 2.24) is 4.98 Å². The molecule has 8 heteroatoms. The molecule has 1 aliphatic heterocycles. The van der Waals surface area contributed by atoms with E-state index in [0.29, 0.717) is 22.1 Å².